The molecule has 1 fully saturated rings. The maximum Gasteiger partial charge on any atom is 0.233 e. The molecule has 2 atom stereocenters. The highest BCUT2D eigenvalue weighted by Gasteiger charge is 2.28. The highest BCUT2D eigenvalue weighted by Crippen LogP contribution is 2.25. The van der Waals surface area contributed by atoms with E-state index in [4.69, 9.17) is 5.84 Å². The van der Waals surface area contributed by atoms with Gasteiger partial charge in [-0.05, 0) is 39.2 Å². The number of carbonyl (C=O) groups excluding carboxylic acids is 1. The minimum Gasteiger partial charge on any atom is -0.298 e. The minimum absolute atomic E-state index is 0.0603. The predicted octanol–water partition coefficient (Wildman–Crippen LogP) is 1.02. The quantitative estimate of drug-likeness (QED) is 0.407. The molecule has 1 aliphatic rings. The Hall–Kier alpha value is -0.610. The highest BCUT2D eigenvalue weighted by molar-refractivity contribution is 5.75. The third kappa shape index (κ3) is 3.47. The summed E-state index contributed by atoms with van der Waals surface area (Å²) in [6.45, 7) is 5.54. The Kier molecular flexibility index (Phi) is 5.05. The molecule has 0 aromatic carbocycles. The van der Waals surface area contributed by atoms with Crippen LogP contribution in [0.25, 0.3) is 0 Å². The van der Waals surface area contributed by atoms with Crippen LogP contribution in [0.4, 0.5) is 0 Å². The van der Waals surface area contributed by atoms with Crippen molar-refractivity contribution in [1.82, 2.24) is 10.3 Å². The van der Waals surface area contributed by atoms with E-state index in [9.17, 15) is 4.79 Å². The Morgan fingerprint density at radius 3 is 2.87 bits per heavy atom. The monoisotopic (exact) mass is 213 g/mol. The molecule has 3 N–H and O–H groups in total. The number of rotatable bonds is 5. The summed E-state index contributed by atoms with van der Waals surface area (Å²) in [6.07, 6.45) is 5.26. The Morgan fingerprint density at radius 2 is 2.27 bits per heavy atom. The third-order valence-corrected chi connectivity index (χ3v) is 3.41. The number of likely N-dealkylation sites (tertiary alicyclic amines) is 1. The molecule has 1 aliphatic heterocycles. The Bertz CT molecular complexity index is 208. The van der Waals surface area contributed by atoms with E-state index in [2.05, 4.69) is 24.2 Å². The molecule has 2 unspecified atom stereocenters. The molecule has 0 saturated carbocycles. The van der Waals surface area contributed by atoms with E-state index >= 15 is 0 Å². The predicted molar refractivity (Wildman–Crippen MR) is 61.0 cm³/mol. The Labute approximate surface area is 92.2 Å². The molecule has 1 amide bonds. The lowest BCUT2D eigenvalue weighted by atomic mass is 10.1. The summed E-state index contributed by atoms with van der Waals surface area (Å²) in [6, 6.07) is 1.40. The largest absolute Gasteiger partial charge is 0.298 e. The summed E-state index contributed by atoms with van der Waals surface area (Å²) in [5.74, 6) is 4.97. The van der Waals surface area contributed by atoms with E-state index < -0.39 is 0 Å². The number of hydrogen-bond donors (Lipinski definition) is 2. The van der Waals surface area contributed by atoms with E-state index in [1.165, 1.54) is 19.3 Å². The fourth-order valence-electron chi connectivity index (χ4n) is 2.46. The first-order chi connectivity index (χ1) is 7.19. The van der Waals surface area contributed by atoms with Crippen molar-refractivity contribution in [3.8, 4) is 0 Å². The summed E-state index contributed by atoms with van der Waals surface area (Å²) in [5.41, 5.74) is 2.17. The lowest BCUT2D eigenvalue weighted by molar-refractivity contribution is -0.121. The van der Waals surface area contributed by atoms with Crippen molar-refractivity contribution in [3.05, 3.63) is 0 Å². The third-order valence-electron chi connectivity index (χ3n) is 3.41. The zero-order chi connectivity index (χ0) is 11.3. The molecule has 1 rings (SSSR count). The molecule has 0 aromatic rings. The summed E-state index contributed by atoms with van der Waals surface area (Å²) in [4.78, 5) is 13.5. The molecule has 4 nitrogen and oxygen atoms in total. The summed E-state index contributed by atoms with van der Waals surface area (Å²) in [7, 11) is 0. The average molecular weight is 213 g/mol. The van der Waals surface area contributed by atoms with Gasteiger partial charge >= 0.3 is 0 Å². The van der Waals surface area contributed by atoms with Crippen LogP contribution in [0.15, 0.2) is 0 Å². The second kappa shape index (κ2) is 6.08. The number of nitrogens with zero attached hydrogens (tertiary/aromatic N) is 1. The zero-order valence-electron chi connectivity index (χ0n) is 9.83. The Balaban J connectivity index is 2.27. The van der Waals surface area contributed by atoms with Crippen molar-refractivity contribution in [2.24, 2.45) is 5.84 Å². The van der Waals surface area contributed by atoms with Crippen LogP contribution in [0.3, 0.4) is 0 Å². The van der Waals surface area contributed by atoms with Gasteiger partial charge in [-0.15, -0.1) is 0 Å². The maximum atomic E-state index is 11.0. The number of hydrazine groups is 1. The smallest absolute Gasteiger partial charge is 0.233 e. The highest BCUT2D eigenvalue weighted by atomic mass is 16.2. The molecule has 0 aliphatic carbocycles. The van der Waals surface area contributed by atoms with Crippen molar-refractivity contribution >= 4 is 5.91 Å². The van der Waals surface area contributed by atoms with Gasteiger partial charge in [0.15, 0.2) is 0 Å². The van der Waals surface area contributed by atoms with Gasteiger partial charge in [0.2, 0.25) is 5.91 Å². The number of nitrogens with one attached hydrogen (secondary N) is 1. The topological polar surface area (TPSA) is 58.4 Å². The van der Waals surface area contributed by atoms with E-state index in [1.807, 2.05) is 0 Å². The van der Waals surface area contributed by atoms with Gasteiger partial charge in [-0.2, -0.15) is 0 Å². The Morgan fingerprint density at radius 1 is 1.53 bits per heavy atom. The lowest BCUT2D eigenvalue weighted by Crippen LogP contribution is -2.36. The SMILES string of the molecule is CCC1CCC(C)N1CCCC(=O)NN. The summed E-state index contributed by atoms with van der Waals surface area (Å²) in [5, 5.41) is 0. The van der Waals surface area contributed by atoms with Crippen LogP contribution in [0.5, 0.6) is 0 Å². The van der Waals surface area contributed by atoms with Crippen molar-refractivity contribution in [2.45, 2.75) is 58.0 Å². The van der Waals surface area contributed by atoms with Crippen molar-refractivity contribution in [2.75, 3.05) is 6.54 Å². The second-order valence-electron chi connectivity index (χ2n) is 4.40. The van der Waals surface area contributed by atoms with Gasteiger partial charge in [0.1, 0.15) is 0 Å². The number of carbonyl (C=O) groups is 1. The molecular formula is C11H23N3O. The zero-order valence-corrected chi connectivity index (χ0v) is 9.83. The van der Waals surface area contributed by atoms with Crippen LogP contribution >= 0.6 is 0 Å². The van der Waals surface area contributed by atoms with Crippen molar-refractivity contribution < 1.29 is 4.79 Å². The minimum atomic E-state index is -0.0603. The molecule has 0 bridgehead atoms. The van der Waals surface area contributed by atoms with Crippen LogP contribution < -0.4 is 11.3 Å². The first kappa shape index (κ1) is 12.5. The molecule has 0 aromatic heterocycles. The van der Waals surface area contributed by atoms with Gasteiger partial charge in [-0.1, -0.05) is 6.92 Å². The van der Waals surface area contributed by atoms with Gasteiger partial charge in [0, 0.05) is 18.5 Å². The molecule has 0 spiro atoms. The number of nitrogens with two attached hydrogens (primary N) is 1. The van der Waals surface area contributed by atoms with Crippen LogP contribution in [0, 0.1) is 0 Å². The maximum absolute atomic E-state index is 11.0. The van der Waals surface area contributed by atoms with E-state index in [1.54, 1.807) is 0 Å². The van der Waals surface area contributed by atoms with Gasteiger partial charge in [0.05, 0.1) is 0 Å². The molecule has 1 heterocycles. The normalized spacial score (nSPS) is 26.9. The number of amides is 1. The van der Waals surface area contributed by atoms with Crippen LogP contribution in [0.1, 0.15) is 46.0 Å². The summed E-state index contributed by atoms with van der Waals surface area (Å²) < 4.78 is 0. The fraction of sp³-hybridized carbons (Fsp3) is 0.909. The van der Waals surface area contributed by atoms with Crippen LogP contribution in [-0.2, 0) is 4.79 Å². The molecule has 4 heteroatoms. The standard InChI is InChI=1S/C11H23N3O/c1-3-10-7-6-9(2)14(10)8-4-5-11(15)13-12/h9-10H,3-8,12H2,1-2H3,(H,13,15). The van der Waals surface area contributed by atoms with Gasteiger partial charge in [0.25, 0.3) is 0 Å². The molecule has 0 radical (unpaired) electrons. The van der Waals surface area contributed by atoms with Gasteiger partial charge in [-0.25, -0.2) is 5.84 Å². The summed E-state index contributed by atoms with van der Waals surface area (Å²) >= 11 is 0. The van der Waals surface area contributed by atoms with Crippen LogP contribution in [0.2, 0.25) is 0 Å². The van der Waals surface area contributed by atoms with E-state index in [0.717, 1.165) is 19.0 Å². The van der Waals surface area contributed by atoms with Crippen molar-refractivity contribution in [1.29, 1.82) is 0 Å². The number of hydrogen-bond acceptors (Lipinski definition) is 3. The molecule has 1 saturated heterocycles. The average Bonchev–Trinajstić information content (AvgIpc) is 2.60. The second-order valence-corrected chi connectivity index (χ2v) is 4.40. The lowest BCUT2D eigenvalue weighted by Gasteiger charge is -2.27. The van der Waals surface area contributed by atoms with E-state index in [-0.39, 0.29) is 5.91 Å². The van der Waals surface area contributed by atoms with E-state index in [0.29, 0.717) is 12.5 Å². The van der Waals surface area contributed by atoms with Gasteiger partial charge < -0.3 is 0 Å². The fourth-order valence-corrected chi connectivity index (χ4v) is 2.46. The molecule has 15 heavy (non-hydrogen) atoms. The molecule has 88 valence electrons. The first-order valence-electron chi connectivity index (χ1n) is 5.94. The van der Waals surface area contributed by atoms with Gasteiger partial charge in [-0.3, -0.25) is 15.1 Å². The van der Waals surface area contributed by atoms with Crippen molar-refractivity contribution in [3.63, 3.8) is 0 Å². The molecular weight excluding hydrogens is 190 g/mol. The van der Waals surface area contributed by atoms with Crippen LogP contribution in [-0.4, -0.2) is 29.4 Å². The first-order valence-corrected chi connectivity index (χ1v) is 5.94.